The van der Waals surface area contributed by atoms with E-state index in [9.17, 15) is 0 Å². The predicted octanol–water partition coefficient (Wildman–Crippen LogP) is 2.85. The monoisotopic (exact) mass is 246 g/mol. The van der Waals surface area contributed by atoms with Gasteiger partial charge in [0.2, 0.25) is 0 Å². The number of nitrogens with two attached hydrogens (primary N) is 1. The van der Waals surface area contributed by atoms with E-state index < -0.39 is 0 Å². The molecule has 0 saturated carbocycles. The first kappa shape index (κ1) is 12.3. The molecule has 17 heavy (non-hydrogen) atoms. The lowest BCUT2D eigenvalue weighted by molar-refractivity contribution is 0.922. The van der Waals surface area contributed by atoms with Gasteiger partial charge in [-0.3, -0.25) is 0 Å². The lowest BCUT2D eigenvalue weighted by Gasteiger charge is -2.02. The van der Waals surface area contributed by atoms with Crippen LogP contribution in [-0.4, -0.2) is 11.5 Å². The number of hydrogen-bond donors (Lipinski definition) is 1. The van der Waals surface area contributed by atoms with Crippen LogP contribution in [0, 0.1) is 13.8 Å². The van der Waals surface area contributed by atoms with Gasteiger partial charge in [0.15, 0.2) is 0 Å². The highest BCUT2D eigenvalue weighted by Gasteiger charge is 2.03. The highest BCUT2D eigenvalue weighted by atomic mass is 32.1. The van der Waals surface area contributed by atoms with E-state index in [0.717, 1.165) is 18.5 Å². The average molecular weight is 246 g/mol. The molecular formula is C14H18N2S. The Morgan fingerprint density at radius 3 is 2.53 bits per heavy atom. The number of thiazole rings is 1. The van der Waals surface area contributed by atoms with Crippen molar-refractivity contribution in [3.05, 3.63) is 51.0 Å². The Morgan fingerprint density at radius 2 is 1.88 bits per heavy atom. The lowest BCUT2D eigenvalue weighted by atomic mass is 10.1. The molecule has 90 valence electrons. The fourth-order valence-corrected chi connectivity index (χ4v) is 2.90. The predicted molar refractivity (Wildman–Crippen MR) is 73.6 cm³/mol. The SMILES string of the molecule is Cc1cc(C)cc(Cc2nc(CCN)cs2)c1. The van der Waals surface area contributed by atoms with Crippen molar-refractivity contribution in [1.82, 2.24) is 4.98 Å². The summed E-state index contributed by atoms with van der Waals surface area (Å²) in [6, 6.07) is 6.67. The number of benzene rings is 1. The highest BCUT2D eigenvalue weighted by Crippen LogP contribution is 2.17. The summed E-state index contributed by atoms with van der Waals surface area (Å²) >= 11 is 1.73. The molecule has 2 rings (SSSR count). The maximum absolute atomic E-state index is 5.53. The number of hydrogen-bond acceptors (Lipinski definition) is 3. The first-order valence-corrected chi connectivity index (χ1v) is 6.76. The molecular weight excluding hydrogens is 228 g/mol. The molecule has 0 amide bonds. The van der Waals surface area contributed by atoms with Gasteiger partial charge in [-0.15, -0.1) is 11.3 Å². The fraction of sp³-hybridized carbons (Fsp3) is 0.357. The molecule has 0 radical (unpaired) electrons. The summed E-state index contributed by atoms with van der Waals surface area (Å²) in [5, 5.41) is 3.30. The van der Waals surface area contributed by atoms with Gasteiger partial charge in [0.1, 0.15) is 0 Å². The zero-order valence-electron chi connectivity index (χ0n) is 10.4. The van der Waals surface area contributed by atoms with E-state index in [0.29, 0.717) is 6.54 Å². The van der Waals surface area contributed by atoms with Gasteiger partial charge in [-0.2, -0.15) is 0 Å². The molecule has 0 atom stereocenters. The van der Waals surface area contributed by atoms with Crippen LogP contribution < -0.4 is 5.73 Å². The van der Waals surface area contributed by atoms with Gasteiger partial charge < -0.3 is 5.73 Å². The molecule has 1 heterocycles. The van der Waals surface area contributed by atoms with E-state index in [2.05, 4.69) is 42.4 Å². The van der Waals surface area contributed by atoms with Crippen molar-refractivity contribution in [3.8, 4) is 0 Å². The first-order valence-electron chi connectivity index (χ1n) is 5.88. The molecule has 0 bridgehead atoms. The van der Waals surface area contributed by atoms with Crippen molar-refractivity contribution in [1.29, 1.82) is 0 Å². The van der Waals surface area contributed by atoms with Crippen LogP contribution in [0.5, 0.6) is 0 Å². The minimum Gasteiger partial charge on any atom is -0.330 e. The third kappa shape index (κ3) is 3.38. The lowest BCUT2D eigenvalue weighted by Crippen LogP contribution is -2.02. The van der Waals surface area contributed by atoms with Crippen LogP contribution in [-0.2, 0) is 12.8 Å². The minimum atomic E-state index is 0.673. The minimum absolute atomic E-state index is 0.673. The Balaban J connectivity index is 2.13. The maximum Gasteiger partial charge on any atom is 0.0972 e. The summed E-state index contributed by atoms with van der Waals surface area (Å²) in [5.74, 6) is 0. The number of nitrogens with zero attached hydrogens (tertiary/aromatic N) is 1. The Kier molecular flexibility index (Phi) is 3.92. The van der Waals surface area contributed by atoms with Gasteiger partial charge in [0.05, 0.1) is 10.7 Å². The van der Waals surface area contributed by atoms with Gasteiger partial charge in [0.25, 0.3) is 0 Å². The average Bonchev–Trinajstić information content (AvgIpc) is 2.64. The topological polar surface area (TPSA) is 38.9 Å². The molecule has 2 aromatic rings. The Labute approximate surface area is 107 Å². The molecule has 0 unspecified atom stereocenters. The molecule has 0 fully saturated rings. The van der Waals surface area contributed by atoms with Gasteiger partial charge in [-0.25, -0.2) is 4.98 Å². The van der Waals surface area contributed by atoms with E-state index in [4.69, 9.17) is 5.73 Å². The molecule has 3 heteroatoms. The van der Waals surface area contributed by atoms with Crippen molar-refractivity contribution >= 4 is 11.3 Å². The van der Waals surface area contributed by atoms with Crippen LogP contribution in [0.4, 0.5) is 0 Å². The second kappa shape index (κ2) is 5.43. The number of aryl methyl sites for hydroxylation is 2. The molecule has 0 aliphatic rings. The van der Waals surface area contributed by atoms with Crippen molar-refractivity contribution in [3.63, 3.8) is 0 Å². The Morgan fingerprint density at radius 1 is 1.18 bits per heavy atom. The summed E-state index contributed by atoms with van der Waals surface area (Å²) in [6.07, 6.45) is 1.81. The molecule has 2 nitrogen and oxygen atoms in total. The van der Waals surface area contributed by atoms with E-state index in [-0.39, 0.29) is 0 Å². The largest absolute Gasteiger partial charge is 0.330 e. The molecule has 0 aliphatic carbocycles. The zero-order valence-corrected chi connectivity index (χ0v) is 11.2. The quantitative estimate of drug-likeness (QED) is 0.901. The van der Waals surface area contributed by atoms with Crippen LogP contribution in [0.1, 0.15) is 27.4 Å². The smallest absolute Gasteiger partial charge is 0.0972 e. The van der Waals surface area contributed by atoms with Crippen molar-refractivity contribution in [2.75, 3.05) is 6.54 Å². The molecule has 0 saturated heterocycles. The van der Waals surface area contributed by atoms with E-state index in [1.54, 1.807) is 11.3 Å². The van der Waals surface area contributed by atoms with Crippen molar-refractivity contribution < 1.29 is 0 Å². The Bertz CT molecular complexity index is 482. The van der Waals surface area contributed by atoms with Gasteiger partial charge in [-0.1, -0.05) is 29.3 Å². The first-order chi connectivity index (χ1) is 8.17. The second-order valence-corrected chi connectivity index (χ2v) is 5.39. The van der Waals surface area contributed by atoms with E-state index in [1.807, 2.05) is 0 Å². The van der Waals surface area contributed by atoms with Crippen LogP contribution in [0.3, 0.4) is 0 Å². The van der Waals surface area contributed by atoms with Crippen LogP contribution in [0.25, 0.3) is 0 Å². The summed E-state index contributed by atoms with van der Waals surface area (Å²) in [5.41, 5.74) is 10.6. The maximum atomic E-state index is 5.53. The standard InChI is InChI=1S/C14H18N2S/c1-10-5-11(2)7-12(6-10)8-14-16-13(3-4-15)9-17-14/h5-7,9H,3-4,8,15H2,1-2H3. The van der Waals surface area contributed by atoms with Crippen LogP contribution >= 0.6 is 11.3 Å². The van der Waals surface area contributed by atoms with Crippen molar-refractivity contribution in [2.45, 2.75) is 26.7 Å². The third-order valence-electron chi connectivity index (χ3n) is 2.64. The second-order valence-electron chi connectivity index (χ2n) is 4.44. The number of rotatable bonds is 4. The summed E-state index contributed by atoms with van der Waals surface area (Å²) < 4.78 is 0. The normalized spacial score (nSPS) is 10.8. The van der Waals surface area contributed by atoms with E-state index in [1.165, 1.54) is 21.7 Å². The molecule has 2 N–H and O–H groups in total. The van der Waals surface area contributed by atoms with Crippen LogP contribution in [0.15, 0.2) is 23.6 Å². The summed E-state index contributed by atoms with van der Waals surface area (Å²) in [7, 11) is 0. The molecule has 1 aromatic heterocycles. The zero-order chi connectivity index (χ0) is 12.3. The third-order valence-corrected chi connectivity index (χ3v) is 3.53. The fourth-order valence-electron chi connectivity index (χ4n) is 2.04. The van der Waals surface area contributed by atoms with Crippen molar-refractivity contribution in [2.24, 2.45) is 5.73 Å². The highest BCUT2D eigenvalue weighted by molar-refractivity contribution is 7.09. The van der Waals surface area contributed by atoms with E-state index >= 15 is 0 Å². The van der Waals surface area contributed by atoms with Crippen LogP contribution in [0.2, 0.25) is 0 Å². The summed E-state index contributed by atoms with van der Waals surface area (Å²) in [6.45, 7) is 4.95. The molecule has 0 aliphatic heterocycles. The van der Waals surface area contributed by atoms with Gasteiger partial charge in [0, 0.05) is 18.2 Å². The van der Waals surface area contributed by atoms with Gasteiger partial charge in [-0.05, 0) is 26.0 Å². The Hall–Kier alpha value is -1.19. The number of aromatic nitrogens is 1. The van der Waals surface area contributed by atoms with Gasteiger partial charge >= 0.3 is 0 Å². The molecule has 1 aromatic carbocycles. The molecule has 0 spiro atoms. The summed E-state index contributed by atoms with van der Waals surface area (Å²) in [4.78, 5) is 4.59.